The second kappa shape index (κ2) is 6.22. The number of rotatable bonds is 4. The summed E-state index contributed by atoms with van der Waals surface area (Å²) >= 11 is 0. The van der Waals surface area contributed by atoms with E-state index in [9.17, 15) is 4.79 Å². The minimum atomic E-state index is -0.484. The van der Waals surface area contributed by atoms with Crippen LogP contribution in [0.3, 0.4) is 0 Å². The molecule has 1 aromatic heterocycles. The van der Waals surface area contributed by atoms with Crippen molar-refractivity contribution in [3.05, 3.63) is 24.4 Å². The van der Waals surface area contributed by atoms with Crippen LogP contribution in [-0.4, -0.2) is 54.1 Å². The fourth-order valence-electron chi connectivity index (χ4n) is 2.59. The van der Waals surface area contributed by atoms with Gasteiger partial charge in [0.1, 0.15) is 5.82 Å². The molecule has 1 aliphatic heterocycles. The molecule has 2 heterocycles. The highest BCUT2D eigenvalue weighted by molar-refractivity contribution is 5.85. The van der Waals surface area contributed by atoms with E-state index in [2.05, 4.69) is 15.2 Å². The maximum atomic E-state index is 12.5. The number of likely N-dealkylation sites (N-methyl/N-ethyl adjacent to an activating group) is 1. The summed E-state index contributed by atoms with van der Waals surface area (Å²) in [6.45, 7) is 9.90. The molecule has 2 rings (SSSR count). The summed E-state index contributed by atoms with van der Waals surface area (Å²) < 4.78 is 0. The lowest BCUT2D eigenvalue weighted by atomic mass is 10.0. The van der Waals surface area contributed by atoms with Gasteiger partial charge in [-0.25, -0.2) is 4.98 Å². The summed E-state index contributed by atoms with van der Waals surface area (Å²) in [4.78, 5) is 21.0. The van der Waals surface area contributed by atoms with Crippen LogP contribution in [0.4, 0.5) is 5.82 Å². The van der Waals surface area contributed by atoms with Crippen molar-refractivity contribution in [2.24, 2.45) is 0 Å². The van der Waals surface area contributed by atoms with Crippen molar-refractivity contribution in [2.45, 2.75) is 26.3 Å². The summed E-state index contributed by atoms with van der Waals surface area (Å²) in [6.07, 6.45) is 1.81. The first-order valence-corrected chi connectivity index (χ1v) is 7.25. The molecule has 0 bridgehead atoms. The van der Waals surface area contributed by atoms with Crippen LogP contribution in [0.15, 0.2) is 24.4 Å². The van der Waals surface area contributed by atoms with Gasteiger partial charge in [-0.3, -0.25) is 4.79 Å². The number of carbonyl (C=O) groups excluding carboxylic acids is 1. The highest BCUT2D eigenvalue weighted by Gasteiger charge is 2.32. The number of nitrogens with one attached hydrogen (secondary N) is 1. The minimum absolute atomic E-state index is 0.181. The average molecular weight is 276 g/mol. The van der Waals surface area contributed by atoms with Gasteiger partial charge in [0.25, 0.3) is 0 Å². The molecule has 1 N–H and O–H groups in total. The fourth-order valence-corrected chi connectivity index (χ4v) is 2.59. The van der Waals surface area contributed by atoms with Gasteiger partial charge >= 0.3 is 0 Å². The molecule has 0 radical (unpaired) electrons. The summed E-state index contributed by atoms with van der Waals surface area (Å²) in [5.41, 5.74) is -0.484. The van der Waals surface area contributed by atoms with Crippen LogP contribution in [0, 0.1) is 0 Å². The van der Waals surface area contributed by atoms with E-state index < -0.39 is 5.54 Å². The van der Waals surface area contributed by atoms with E-state index in [4.69, 9.17) is 0 Å². The van der Waals surface area contributed by atoms with E-state index >= 15 is 0 Å². The monoisotopic (exact) mass is 276 g/mol. The predicted octanol–water partition coefficient (Wildman–Crippen LogP) is 1.12. The molecule has 0 spiro atoms. The summed E-state index contributed by atoms with van der Waals surface area (Å²) in [6, 6.07) is 5.93. The zero-order valence-electron chi connectivity index (χ0n) is 12.6. The number of aromatic nitrogens is 1. The Bertz CT molecular complexity index is 438. The zero-order valence-corrected chi connectivity index (χ0v) is 12.6. The van der Waals surface area contributed by atoms with Crippen molar-refractivity contribution in [2.75, 3.05) is 37.6 Å². The first kappa shape index (κ1) is 14.8. The minimum Gasteiger partial charge on any atom is -0.353 e. The number of anilines is 1. The Morgan fingerprint density at radius 2 is 2.00 bits per heavy atom. The van der Waals surface area contributed by atoms with Crippen molar-refractivity contribution >= 4 is 11.7 Å². The van der Waals surface area contributed by atoms with Gasteiger partial charge in [-0.05, 0) is 32.5 Å². The summed E-state index contributed by atoms with van der Waals surface area (Å²) in [7, 11) is 0. The third-order valence-electron chi connectivity index (χ3n) is 3.69. The lowest BCUT2D eigenvalue weighted by molar-refractivity contribution is -0.137. The molecular formula is C15H24N4O. The number of amides is 1. The summed E-state index contributed by atoms with van der Waals surface area (Å²) in [5, 5.41) is 3.24. The Morgan fingerprint density at radius 1 is 1.30 bits per heavy atom. The van der Waals surface area contributed by atoms with E-state index in [1.54, 1.807) is 6.20 Å². The van der Waals surface area contributed by atoms with Gasteiger partial charge in [0.15, 0.2) is 0 Å². The van der Waals surface area contributed by atoms with E-state index in [1.807, 2.05) is 43.9 Å². The van der Waals surface area contributed by atoms with Crippen LogP contribution in [0.5, 0.6) is 0 Å². The molecule has 0 saturated carbocycles. The number of carbonyl (C=O) groups is 1. The van der Waals surface area contributed by atoms with Gasteiger partial charge in [0.05, 0.1) is 5.54 Å². The van der Waals surface area contributed by atoms with Crippen molar-refractivity contribution in [1.82, 2.24) is 15.2 Å². The Labute approximate surface area is 121 Å². The predicted molar refractivity (Wildman–Crippen MR) is 80.8 cm³/mol. The molecule has 110 valence electrons. The van der Waals surface area contributed by atoms with Crippen LogP contribution in [0.2, 0.25) is 0 Å². The topological polar surface area (TPSA) is 48.5 Å². The van der Waals surface area contributed by atoms with Crippen molar-refractivity contribution in [3.63, 3.8) is 0 Å². The SMILES string of the molecule is CCNC(C)(C)C(=O)N1CCN(c2ccccn2)CC1. The standard InChI is InChI=1S/C15H24N4O/c1-4-17-15(2,3)14(20)19-11-9-18(10-12-19)13-7-5-6-8-16-13/h5-8,17H,4,9-12H2,1-3H3. The Hall–Kier alpha value is -1.62. The first-order chi connectivity index (χ1) is 9.54. The van der Waals surface area contributed by atoms with E-state index in [-0.39, 0.29) is 5.91 Å². The molecule has 5 heteroatoms. The molecular weight excluding hydrogens is 252 g/mol. The van der Waals surface area contributed by atoms with Crippen molar-refractivity contribution < 1.29 is 4.79 Å². The Kier molecular flexibility index (Phi) is 4.60. The number of piperazine rings is 1. The molecule has 1 saturated heterocycles. The Balaban J connectivity index is 1.93. The van der Waals surface area contributed by atoms with Gasteiger partial charge in [-0.15, -0.1) is 0 Å². The molecule has 1 aliphatic rings. The third kappa shape index (κ3) is 3.28. The van der Waals surface area contributed by atoms with Crippen LogP contribution in [0.1, 0.15) is 20.8 Å². The Morgan fingerprint density at radius 3 is 2.55 bits per heavy atom. The highest BCUT2D eigenvalue weighted by atomic mass is 16.2. The molecule has 20 heavy (non-hydrogen) atoms. The van der Waals surface area contributed by atoms with Crippen LogP contribution in [-0.2, 0) is 4.79 Å². The van der Waals surface area contributed by atoms with Crippen molar-refractivity contribution in [3.8, 4) is 0 Å². The van der Waals surface area contributed by atoms with E-state index in [0.29, 0.717) is 0 Å². The van der Waals surface area contributed by atoms with Crippen LogP contribution < -0.4 is 10.2 Å². The number of nitrogens with zero attached hydrogens (tertiary/aromatic N) is 3. The number of pyridine rings is 1. The largest absolute Gasteiger partial charge is 0.353 e. The van der Waals surface area contributed by atoms with Gasteiger partial charge in [-0.2, -0.15) is 0 Å². The fraction of sp³-hybridized carbons (Fsp3) is 0.600. The number of hydrogen-bond donors (Lipinski definition) is 1. The summed E-state index contributed by atoms with van der Waals surface area (Å²) in [5.74, 6) is 1.17. The van der Waals surface area contributed by atoms with E-state index in [1.165, 1.54) is 0 Å². The zero-order chi connectivity index (χ0) is 14.6. The lowest BCUT2D eigenvalue weighted by Gasteiger charge is -2.39. The second-order valence-corrected chi connectivity index (χ2v) is 5.62. The molecule has 1 amide bonds. The second-order valence-electron chi connectivity index (χ2n) is 5.62. The normalized spacial score (nSPS) is 16.4. The number of hydrogen-bond acceptors (Lipinski definition) is 4. The smallest absolute Gasteiger partial charge is 0.242 e. The highest BCUT2D eigenvalue weighted by Crippen LogP contribution is 2.15. The maximum absolute atomic E-state index is 12.5. The van der Waals surface area contributed by atoms with Crippen LogP contribution in [0.25, 0.3) is 0 Å². The lowest BCUT2D eigenvalue weighted by Crippen LogP contribution is -2.58. The van der Waals surface area contributed by atoms with Crippen LogP contribution >= 0.6 is 0 Å². The molecule has 0 unspecified atom stereocenters. The molecule has 0 aliphatic carbocycles. The molecule has 0 aromatic carbocycles. The third-order valence-corrected chi connectivity index (χ3v) is 3.69. The van der Waals surface area contributed by atoms with E-state index in [0.717, 1.165) is 38.5 Å². The first-order valence-electron chi connectivity index (χ1n) is 7.25. The molecule has 1 aromatic rings. The average Bonchev–Trinajstić information content (AvgIpc) is 2.47. The molecule has 5 nitrogen and oxygen atoms in total. The quantitative estimate of drug-likeness (QED) is 0.895. The van der Waals surface area contributed by atoms with Gasteiger partial charge < -0.3 is 15.1 Å². The van der Waals surface area contributed by atoms with Gasteiger partial charge in [0, 0.05) is 32.4 Å². The van der Waals surface area contributed by atoms with Gasteiger partial charge in [0.2, 0.25) is 5.91 Å². The van der Waals surface area contributed by atoms with Crippen molar-refractivity contribution in [1.29, 1.82) is 0 Å². The molecule has 0 atom stereocenters. The molecule has 1 fully saturated rings. The maximum Gasteiger partial charge on any atom is 0.242 e. The van der Waals surface area contributed by atoms with Gasteiger partial charge in [-0.1, -0.05) is 13.0 Å².